The number of rotatable bonds is 6. The van der Waals surface area contributed by atoms with E-state index in [2.05, 4.69) is 66.5 Å². The van der Waals surface area contributed by atoms with Gasteiger partial charge in [-0.3, -0.25) is 5.73 Å². The van der Waals surface area contributed by atoms with Gasteiger partial charge in [-0.2, -0.15) is 0 Å². The summed E-state index contributed by atoms with van der Waals surface area (Å²) in [6, 6.07) is 14.3. The van der Waals surface area contributed by atoms with E-state index in [0.29, 0.717) is 22.7 Å². The Kier molecular flexibility index (Phi) is 14.7. The van der Waals surface area contributed by atoms with Crippen LogP contribution in [0.4, 0.5) is 5.69 Å². The molecule has 6 heteroatoms. The molecule has 0 saturated carbocycles. The van der Waals surface area contributed by atoms with E-state index < -0.39 is 0 Å². The summed E-state index contributed by atoms with van der Waals surface area (Å²) < 4.78 is 3.79. The standard InChI is InChI=1S/C18H27N.C7H9NO2.C6H6N2.C2H6/c1-5-14-6-8-15(9-7-14)17-12-18(2,3)11-10-16(17)13-19-4;1-5-2-3-6(8)4-7(5)10-9;1-2-5-3-4-8-6(5)7;1-2/h6-9,19H,5,10-13H2,1-4H3;2-4,9H,8H2,1H3;2-4,7H,1H2;1-2H3/p+1. The number of aryl methyl sites for hydroxylation is 2. The normalized spacial score (nSPS) is 14.9. The summed E-state index contributed by atoms with van der Waals surface area (Å²) in [5, 5.41) is 11.6. The summed E-state index contributed by atoms with van der Waals surface area (Å²) in [7, 11) is 2.05. The third-order valence-corrected chi connectivity index (χ3v) is 6.58. The van der Waals surface area contributed by atoms with Gasteiger partial charge in [-0.15, -0.1) is 0 Å². The fourth-order valence-corrected chi connectivity index (χ4v) is 4.23. The number of nitrogens with two attached hydrogens (primary N) is 2. The van der Waals surface area contributed by atoms with E-state index in [-0.39, 0.29) is 0 Å². The minimum Gasteiger partial charge on any atom is -0.399 e. The highest BCUT2D eigenvalue weighted by atomic mass is 17.1. The Bertz CT molecular complexity index is 1180. The summed E-state index contributed by atoms with van der Waals surface area (Å²) >= 11 is 0. The molecule has 0 atom stereocenters. The molecule has 0 spiro atoms. The molecule has 0 fully saturated rings. The first-order chi connectivity index (χ1) is 18.6. The molecule has 2 aromatic rings. The molecule has 0 radical (unpaired) electrons. The van der Waals surface area contributed by atoms with Crippen LogP contribution in [0.3, 0.4) is 0 Å². The maximum absolute atomic E-state index is 8.29. The van der Waals surface area contributed by atoms with Gasteiger partial charge in [0.2, 0.25) is 0 Å². The molecular formula is C33H49N4O2+. The first-order valence-electron chi connectivity index (χ1n) is 13.8. The van der Waals surface area contributed by atoms with Crippen LogP contribution in [-0.2, 0) is 6.42 Å². The highest BCUT2D eigenvalue weighted by molar-refractivity contribution is 6.07. The number of amidine groups is 1. The fourth-order valence-electron chi connectivity index (χ4n) is 4.23. The number of likely N-dealkylation sites (N-methyl/N-ethyl adjacent to an activating group) is 1. The number of anilines is 1. The van der Waals surface area contributed by atoms with Gasteiger partial charge in [-0.05, 0) is 73.4 Å². The lowest BCUT2D eigenvalue weighted by atomic mass is 9.72. The molecule has 0 amide bonds. The molecule has 1 aliphatic heterocycles. The Hall–Kier alpha value is -3.57. The van der Waals surface area contributed by atoms with Crippen LogP contribution in [0.1, 0.15) is 70.6 Å². The van der Waals surface area contributed by atoms with Gasteiger partial charge in [0, 0.05) is 24.4 Å². The van der Waals surface area contributed by atoms with E-state index in [1.165, 1.54) is 30.4 Å². The largest absolute Gasteiger partial charge is 0.399 e. The summed E-state index contributed by atoms with van der Waals surface area (Å²) in [5.41, 5.74) is 19.6. The van der Waals surface area contributed by atoms with Crippen LogP contribution >= 0.6 is 0 Å². The minimum atomic E-state index is 0.403. The average Bonchev–Trinajstić information content (AvgIpc) is 3.37. The number of hydrogen-bond acceptors (Lipinski definition) is 5. The predicted octanol–water partition coefficient (Wildman–Crippen LogP) is 6.49. The van der Waals surface area contributed by atoms with Crippen molar-refractivity contribution < 1.29 is 10.1 Å². The van der Waals surface area contributed by atoms with E-state index >= 15 is 0 Å². The zero-order valence-electron chi connectivity index (χ0n) is 25.0. The zero-order chi connectivity index (χ0) is 29.4. The van der Waals surface area contributed by atoms with Gasteiger partial charge in [-0.1, -0.05) is 83.2 Å². The summed E-state index contributed by atoms with van der Waals surface area (Å²) in [4.78, 5) is 4.05. The number of nitrogens with zero attached hydrogens (tertiary/aromatic N) is 1. The molecule has 4 rings (SSSR count). The molecule has 1 heterocycles. The summed E-state index contributed by atoms with van der Waals surface area (Å²) in [6.07, 6.45) is 10.0. The summed E-state index contributed by atoms with van der Waals surface area (Å²) in [6.45, 7) is 17.4. The Morgan fingerprint density at radius 2 is 1.79 bits per heavy atom. The molecule has 6 nitrogen and oxygen atoms in total. The highest BCUT2D eigenvalue weighted by Crippen LogP contribution is 2.42. The van der Waals surface area contributed by atoms with Crippen LogP contribution in [0.15, 0.2) is 72.3 Å². The molecule has 39 heavy (non-hydrogen) atoms. The van der Waals surface area contributed by atoms with Gasteiger partial charge < -0.3 is 15.9 Å². The molecule has 0 bridgehead atoms. The molecule has 0 aromatic heterocycles. The van der Waals surface area contributed by atoms with Gasteiger partial charge >= 0.3 is 5.84 Å². The molecule has 2 aromatic carbocycles. The zero-order valence-corrected chi connectivity index (χ0v) is 25.0. The second-order valence-corrected chi connectivity index (χ2v) is 10.1. The van der Waals surface area contributed by atoms with Crippen molar-refractivity contribution in [1.82, 2.24) is 9.98 Å². The van der Waals surface area contributed by atoms with Crippen molar-refractivity contribution in [2.24, 2.45) is 11.1 Å². The van der Waals surface area contributed by atoms with Gasteiger partial charge in [0.25, 0.3) is 0 Å². The van der Waals surface area contributed by atoms with Crippen LogP contribution in [-0.4, -0.2) is 30.9 Å². The van der Waals surface area contributed by atoms with Crippen LogP contribution in [0.25, 0.3) is 5.57 Å². The van der Waals surface area contributed by atoms with Crippen molar-refractivity contribution in [1.29, 1.82) is 0 Å². The number of hydrogen-bond donors (Lipinski definition) is 4. The second kappa shape index (κ2) is 17.1. The number of allylic oxidation sites excluding steroid dienone is 2. The monoisotopic (exact) mass is 533 g/mol. The molecule has 2 aliphatic rings. The molecule has 212 valence electrons. The Labute approximate surface area is 235 Å². The van der Waals surface area contributed by atoms with E-state index in [1.807, 2.05) is 33.9 Å². The van der Waals surface area contributed by atoms with Crippen LogP contribution in [0.2, 0.25) is 0 Å². The van der Waals surface area contributed by atoms with Crippen LogP contribution < -0.4 is 26.3 Å². The molecule has 0 unspecified atom stereocenters. The van der Waals surface area contributed by atoms with Gasteiger partial charge in [0.15, 0.2) is 12.0 Å². The number of benzene rings is 2. The number of nitrogens with one attached hydrogen (secondary N) is 1. The van der Waals surface area contributed by atoms with Gasteiger partial charge in [0.1, 0.15) is 0 Å². The van der Waals surface area contributed by atoms with E-state index in [4.69, 9.17) is 16.7 Å². The third kappa shape index (κ3) is 11.0. The Morgan fingerprint density at radius 1 is 1.13 bits per heavy atom. The first kappa shape index (κ1) is 33.5. The van der Waals surface area contributed by atoms with Gasteiger partial charge in [0.05, 0.1) is 5.57 Å². The number of nitrogen functional groups attached to an aromatic ring is 1. The average molecular weight is 534 g/mol. The predicted molar refractivity (Wildman–Crippen MR) is 170 cm³/mol. The van der Waals surface area contributed by atoms with E-state index in [9.17, 15) is 0 Å². The van der Waals surface area contributed by atoms with Gasteiger partial charge in [-0.25, -0.2) is 9.93 Å². The Morgan fingerprint density at radius 3 is 2.26 bits per heavy atom. The molecule has 6 N–H and O–H groups in total. The van der Waals surface area contributed by atoms with E-state index in [0.717, 1.165) is 24.1 Å². The third-order valence-electron chi connectivity index (χ3n) is 6.58. The van der Waals surface area contributed by atoms with E-state index in [1.54, 1.807) is 41.6 Å². The van der Waals surface area contributed by atoms with Crippen LogP contribution in [0, 0.1) is 12.3 Å². The van der Waals surface area contributed by atoms with Crippen molar-refractivity contribution in [2.75, 3.05) is 19.3 Å². The smallest absolute Gasteiger partial charge is 0.373 e. The summed E-state index contributed by atoms with van der Waals surface area (Å²) in [5.74, 6) is 0.958. The quantitative estimate of drug-likeness (QED) is 0.147. The van der Waals surface area contributed by atoms with Crippen molar-refractivity contribution >= 4 is 23.3 Å². The maximum atomic E-state index is 8.29. The lowest BCUT2D eigenvalue weighted by Gasteiger charge is -2.33. The van der Waals surface area contributed by atoms with Crippen molar-refractivity contribution in [3.63, 3.8) is 0 Å². The molecule has 0 saturated heterocycles. The maximum Gasteiger partial charge on any atom is 0.373 e. The first-order valence-corrected chi connectivity index (χ1v) is 13.8. The molecule has 1 aliphatic carbocycles. The SMILES string of the molecule is C=CC1=CC=[N+]=C1N.CC.CCc1ccc(C2=C(CNC)CCC(C)(C)C2)cc1.Cc1ccc(N)cc1OO. The topological polar surface area (TPSA) is 108 Å². The van der Waals surface area contributed by atoms with Crippen molar-refractivity contribution in [2.45, 2.75) is 67.2 Å². The fraction of sp³-hybridized carbons (Fsp3) is 0.394. The lowest BCUT2D eigenvalue weighted by Crippen LogP contribution is -2.22. The lowest BCUT2D eigenvalue weighted by molar-refractivity contribution is -0.138. The van der Waals surface area contributed by atoms with Crippen molar-refractivity contribution in [3.8, 4) is 5.75 Å². The van der Waals surface area contributed by atoms with Crippen LogP contribution in [0.5, 0.6) is 5.75 Å². The molecular weight excluding hydrogens is 484 g/mol. The second-order valence-electron chi connectivity index (χ2n) is 10.1. The Balaban J connectivity index is 0.000000318. The highest BCUT2D eigenvalue weighted by Gasteiger charge is 2.27. The van der Waals surface area contributed by atoms with Crippen molar-refractivity contribution in [3.05, 3.63) is 89.0 Å². The minimum absolute atomic E-state index is 0.403.